The molecule has 1 aliphatic heterocycles. The fourth-order valence-electron chi connectivity index (χ4n) is 3.33. The molecule has 0 saturated carbocycles. The van der Waals surface area contributed by atoms with Crippen molar-refractivity contribution in [2.75, 3.05) is 31.6 Å². The molecule has 1 aromatic rings. The van der Waals surface area contributed by atoms with Crippen LogP contribution in [0.1, 0.15) is 44.4 Å². The molecule has 1 aromatic carbocycles. The second kappa shape index (κ2) is 6.59. The van der Waals surface area contributed by atoms with Crippen molar-refractivity contribution in [2.24, 2.45) is 5.73 Å². The van der Waals surface area contributed by atoms with Crippen LogP contribution in [0, 0.1) is 0 Å². The molecule has 0 aliphatic carbocycles. The van der Waals surface area contributed by atoms with Gasteiger partial charge in [0.15, 0.2) is 0 Å². The predicted octanol–water partition coefficient (Wildman–Crippen LogP) is 2.80. The number of fused-ring (bicyclic) bond motifs is 1. The molecule has 0 aromatic heterocycles. The molecule has 0 amide bonds. The van der Waals surface area contributed by atoms with E-state index in [0.29, 0.717) is 18.6 Å². The molecular formula is C17H29N3. The molecule has 0 saturated heterocycles. The van der Waals surface area contributed by atoms with Gasteiger partial charge in [-0.25, -0.2) is 0 Å². The van der Waals surface area contributed by atoms with E-state index < -0.39 is 0 Å². The summed E-state index contributed by atoms with van der Waals surface area (Å²) in [4.78, 5) is 4.86. The van der Waals surface area contributed by atoms with E-state index in [0.717, 1.165) is 25.9 Å². The average Bonchev–Trinajstić information content (AvgIpc) is 2.84. The number of anilines is 1. The number of hydrogen-bond acceptors (Lipinski definition) is 3. The molecule has 3 nitrogen and oxygen atoms in total. The summed E-state index contributed by atoms with van der Waals surface area (Å²) in [5.74, 6) is 0. The highest BCUT2D eigenvalue weighted by atomic mass is 15.2. The SMILES string of the molecule is CCC(C)N(CC)C(CN)c1ccc2c(c1)CCN2C. The van der Waals surface area contributed by atoms with Gasteiger partial charge in [0.05, 0.1) is 0 Å². The van der Waals surface area contributed by atoms with Crippen molar-refractivity contribution in [2.45, 2.75) is 45.7 Å². The first kappa shape index (κ1) is 15.3. The van der Waals surface area contributed by atoms with E-state index in [1.165, 1.54) is 16.8 Å². The summed E-state index contributed by atoms with van der Waals surface area (Å²) >= 11 is 0. The molecule has 0 fully saturated rings. The van der Waals surface area contributed by atoms with Crippen molar-refractivity contribution in [3.63, 3.8) is 0 Å². The molecule has 112 valence electrons. The fourth-order valence-corrected chi connectivity index (χ4v) is 3.33. The van der Waals surface area contributed by atoms with Gasteiger partial charge in [0.25, 0.3) is 0 Å². The maximum absolute atomic E-state index is 6.09. The summed E-state index contributed by atoms with van der Waals surface area (Å²) in [5.41, 5.74) is 10.3. The fraction of sp³-hybridized carbons (Fsp3) is 0.647. The quantitative estimate of drug-likeness (QED) is 0.866. The van der Waals surface area contributed by atoms with Crippen LogP contribution in [0.5, 0.6) is 0 Å². The minimum absolute atomic E-state index is 0.339. The van der Waals surface area contributed by atoms with Gasteiger partial charge in [-0.05, 0) is 43.5 Å². The lowest BCUT2D eigenvalue weighted by molar-refractivity contribution is 0.152. The van der Waals surface area contributed by atoms with Crippen LogP contribution in [-0.2, 0) is 6.42 Å². The van der Waals surface area contributed by atoms with Gasteiger partial charge < -0.3 is 10.6 Å². The van der Waals surface area contributed by atoms with Gasteiger partial charge in [-0.1, -0.05) is 26.0 Å². The van der Waals surface area contributed by atoms with Crippen LogP contribution in [0.4, 0.5) is 5.69 Å². The zero-order chi connectivity index (χ0) is 14.7. The van der Waals surface area contributed by atoms with E-state index in [2.05, 4.69) is 55.8 Å². The van der Waals surface area contributed by atoms with Crippen LogP contribution in [0.3, 0.4) is 0 Å². The highest BCUT2D eigenvalue weighted by Crippen LogP contribution is 2.31. The molecule has 0 spiro atoms. The van der Waals surface area contributed by atoms with E-state index in [-0.39, 0.29) is 0 Å². The first-order valence-electron chi connectivity index (χ1n) is 7.92. The summed E-state index contributed by atoms with van der Waals surface area (Å²) in [5, 5.41) is 0. The Morgan fingerprint density at radius 2 is 2.10 bits per heavy atom. The van der Waals surface area contributed by atoms with Crippen LogP contribution < -0.4 is 10.6 Å². The number of nitrogens with zero attached hydrogens (tertiary/aromatic N) is 2. The number of hydrogen-bond donors (Lipinski definition) is 1. The van der Waals surface area contributed by atoms with Crippen molar-refractivity contribution in [3.8, 4) is 0 Å². The lowest BCUT2D eigenvalue weighted by atomic mass is 9.99. The molecule has 0 radical (unpaired) electrons. The summed E-state index contributed by atoms with van der Waals surface area (Å²) in [6.45, 7) is 9.65. The Kier molecular flexibility index (Phi) is 5.06. The van der Waals surface area contributed by atoms with E-state index in [1.54, 1.807) is 0 Å². The second-order valence-corrected chi connectivity index (χ2v) is 5.90. The summed E-state index contributed by atoms with van der Waals surface area (Å²) in [7, 11) is 2.17. The smallest absolute Gasteiger partial charge is 0.0473 e. The third-order valence-electron chi connectivity index (χ3n) is 4.76. The van der Waals surface area contributed by atoms with Crippen LogP contribution in [-0.4, -0.2) is 37.6 Å². The Morgan fingerprint density at radius 1 is 1.35 bits per heavy atom. The van der Waals surface area contributed by atoms with Gasteiger partial charge in [-0.15, -0.1) is 0 Å². The Hall–Kier alpha value is -1.06. The van der Waals surface area contributed by atoms with Crippen LogP contribution in [0.2, 0.25) is 0 Å². The molecule has 2 atom stereocenters. The van der Waals surface area contributed by atoms with Gasteiger partial charge >= 0.3 is 0 Å². The molecule has 1 aliphatic rings. The maximum atomic E-state index is 6.09. The van der Waals surface area contributed by atoms with Gasteiger partial charge in [0.1, 0.15) is 0 Å². The topological polar surface area (TPSA) is 32.5 Å². The normalized spacial score (nSPS) is 17.4. The molecule has 3 heteroatoms. The summed E-state index contributed by atoms with van der Waals surface area (Å²) in [6, 6.07) is 7.82. The van der Waals surface area contributed by atoms with Gasteiger partial charge in [-0.2, -0.15) is 0 Å². The third-order valence-corrected chi connectivity index (χ3v) is 4.76. The Labute approximate surface area is 123 Å². The zero-order valence-corrected chi connectivity index (χ0v) is 13.4. The van der Waals surface area contributed by atoms with Crippen LogP contribution in [0.25, 0.3) is 0 Å². The molecule has 20 heavy (non-hydrogen) atoms. The molecule has 2 unspecified atom stereocenters. The van der Waals surface area contributed by atoms with E-state index in [1.807, 2.05) is 0 Å². The van der Waals surface area contributed by atoms with Gasteiger partial charge in [-0.3, -0.25) is 4.90 Å². The second-order valence-electron chi connectivity index (χ2n) is 5.90. The largest absolute Gasteiger partial charge is 0.374 e. The zero-order valence-electron chi connectivity index (χ0n) is 13.4. The predicted molar refractivity (Wildman–Crippen MR) is 87.3 cm³/mol. The highest BCUT2D eigenvalue weighted by molar-refractivity contribution is 5.58. The van der Waals surface area contributed by atoms with E-state index in [9.17, 15) is 0 Å². The Balaban J connectivity index is 2.28. The van der Waals surface area contributed by atoms with Crippen LogP contribution >= 0.6 is 0 Å². The van der Waals surface area contributed by atoms with Crippen molar-refractivity contribution in [1.29, 1.82) is 0 Å². The number of likely N-dealkylation sites (N-methyl/N-ethyl adjacent to an activating group) is 2. The van der Waals surface area contributed by atoms with Gasteiger partial charge in [0, 0.05) is 37.9 Å². The monoisotopic (exact) mass is 275 g/mol. The highest BCUT2D eigenvalue weighted by Gasteiger charge is 2.24. The minimum atomic E-state index is 0.339. The van der Waals surface area contributed by atoms with Crippen LogP contribution in [0.15, 0.2) is 18.2 Å². The maximum Gasteiger partial charge on any atom is 0.0473 e. The first-order valence-corrected chi connectivity index (χ1v) is 7.92. The molecular weight excluding hydrogens is 246 g/mol. The summed E-state index contributed by atoms with van der Waals surface area (Å²) in [6.07, 6.45) is 2.32. The first-order chi connectivity index (χ1) is 9.62. The van der Waals surface area contributed by atoms with E-state index in [4.69, 9.17) is 5.73 Å². The molecule has 2 N–H and O–H groups in total. The molecule has 0 bridgehead atoms. The Morgan fingerprint density at radius 3 is 2.70 bits per heavy atom. The molecule has 2 rings (SSSR count). The van der Waals surface area contributed by atoms with Gasteiger partial charge in [0.2, 0.25) is 0 Å². The van der Waals surface area contributed by atoms with E-state index >= 15 is 0 Å². The van der Waals surface area contributed by atoms with Crippen molar-refractivity contribution >= 4 is 5.69 Å². The summed E-state index contributed by atoms with van der Waals surface area (Å²) < 4.78 is 0. The van der Waals surface area contributed by atoms with Crippen molar-refractivity contribution < 1.29 is 0 Å². The number of rotatable bonds is 6. The average molecular weight is 275 g/mol. The Bertz CT molecular complexity index is 444. The lowest BCUT2D eigenvalue weighted by Crippen LogP contribution is -2.39. The lowest BCUT2D eigenvalue weighted by Gasteiger charge is -2.35. The number of nitrogens with two attached hydrogens (primary N) is 1. The molecule has 1 heterocycles. The number of benzene rings is 1. The minimum Gasteiger partial charge on any atom is -0.374 e. The van der Waals surface area contributed by atoms with Crippen molar-refractivity contribution in [1.82, 2.24) is 4.90 Å². The third kappa shape index (κ3) is 2.84. The standard InChI is InChI=1S/C17H29N3/c1-5-13(3)20(6-2)17(12-18)14-7-8-16-15(11-14)9-10-19(16)4/h7-8,11,13,17H,5-6,9-10,12,18H2,1-4H3. The van der Waals surface area contributed by atoms with Crippen molar-refractivity contribution in [3.05, 3.63) is 29.3 Å².